The second-order valence-corrected chi connectivity index (χ2v) is 14.6. The van der Waals surface area contributed by atoms with Gasteiger partial charge in [0.2, 0.25) is 0 Å². The summed E-state index contributed by atoms with van der Waals surface area (Å²) in [5.41, 5.74) is 8.39. The summed E-state index contributed by atoms with van der Waals surface area (Å²) in [6, 6.07) is 0. The van der Waals surface area contributed by atoms with Crippen LogP contribution in [0.1, 0.15) is 41.5 Å². The molecule has 3 heterocycles. The van der Waals surface area contributed by atoms with Gasteiger partial charge in [0.1, 0.15) is 17.6 Å². The Morgan fingerprint density at radius 3 is 2.36 bits per heavy atom. The molecule has 9 heteroatoms. The van der Waals surface area contributed by atoms with E-state index in [1.165, 1.54) is 0 Å². The van der Waals surface area contributed by atoms with Gasteiger partial charge in [-0.15, -0.1) is 11.8 Å². The molecule has 0 aromatic heterocycles. The molecular formula is C16H26N2O5SSi. The largest absolute Gasteiger partial charge is 0.448 e. The number of esters is 1. The Hall–Kier alpha value is -0.703. The lowest BCUT2D eigenvalue weighted by atomic mass is 10.0. The van der Waals surface area contributed by atoms with Crippen molar-refractivity contribution in [2.75, 3.05) is 5.75 Å². The number of rotatable bonds is 2. The SMILES string of the molecule is CC(C)(C)[Si]1(C(C)(C)C)O[C@@H]2[C@@H](OC(=O)C=[N+]=[N-])[C@H](O1)[C@H]1CS[C@@H]2O1. The maximum atomic E-state index is 11.9. The minimum Gasteiger partial charge on any atom is -0.448 e. The number of carbonyl (C=O) groups excluding carboxylic acids is 1. The second kappa shape index (κ2) is 6.18. The van der Waals surface area contributed by atoms with Crippen molar-refractivity contribution in [3.05, 3.63) is 5.53 Å². The van der Waals surface area contributed by atoms with Crippen molar-refractivity contribution >= 4 is 32.5 Å². The maximum Gasteiger partial charge on any atom is 0.414 e. The summed E-state index contributed by atoms with van der Waals surface area (Å²) >= 11 is 1.68. The van der Waals surface area contributed by atoms with Gasteiger partial charge in [-0.05, 0) is 0 Å². The summed E-state index contributed by atoms with van der Waals surface area (Å²) in [6.45, 7) is 12.9. The molecule has 3 aliphatic heterocycles. The predicted molar refractivity (Wildman–Crippen MR) is 95.6 cm³/mol. The van der Waals surface area contributed by atoms with Gasteiger partial charge in [0.15, 0.2) is 6.10 Å². The molecule has 3 fully saturated rings. The van der Waals surface area contributed by atoms with Gasteiger partial charge in [-0.2, -0.15) is 4.79 Å². The molecule has 0 N–H and O–H groups in total. The molecule has 3 rings (SSSR count). The molecule has 3 saturated heterocycles. The van der Waals surface area contributed by atoms with Gasteiger partial charge < -0.3 is 23.9 Å². The van der Waals surface area contributed by atoms with Gasteiger partial charge in [0.05, 0.1) is 6.10 Å². The zero-order valence-corrected chi connectivity index (χ0v) is 17.3. The molecule has 5 atom stereocenters. The highest BCUT2D eigenvalue weighted by molar-refractivity contribution is 8.00. The summed E-state index contributed by atoms with van der Waals surface area (Å²) in [6.07, 6.45) is -0.696. The van der Waals surface area contributed by atoms with Crippen LogP contribution in [0.15, 0.2) is 0 Å². The first-order valence-electron chi connectivity index (χ1n) is 8.51. The molecule has 0 spiro atoms. The van der Waals surface area contributed by atoms with Crippen molar-refractivity contribution in [1.29, 1.82) is 0 Å². The molecule has 0 saturated carbocycles. The highest BCUT2D eigenvalue weighted by Gasteiger charge is 2.69. The topological polar surface area (TPSA) is 90.4 Å². The van der Waals surface area contributed by atoms with E-state index in [-0.39, 0.29) is 33.8 Å². The second-order valence-electron chi connectivity index (χ2n) is 8.80. The normalized spacial score (nSPS) is 36.5. The first kappa shape index (κ1) is 19.1. The van der Waals surface area contributed by atoms with Gasteiger partial charge in [-0.3, -0.25) is 0 Å². The number of hydrogen-bond acceptors (Lipinski definition) is 6. The minimum absolute atomic E-state index is 0.129. The van der Waals surface area contributed by atoms with E-state index in [2.05, 4.69) is 46.3 Å². The number of nitrogens with zero attached hydrogens (tertiary/aromatic N) is 2. The van der Waals surface area contributed by atoms with Crippen molar-refractivity contribution in [3.63, 3.8) is 0 Å². The number of fused-ring (bicyclic) bond motifs is 6. The zero-order valence-electron chi connectivity index (χ0n) is 15.5. The van der Waals surface area contributed by atoms with Gasteiger partial charge in [-0.1, -0.05) is 41.5 Å². The molecule has 25 heavy (non-hydrogen) atoms. The van der Waals surface area contributed by atoms with Crippen molar-refractivity contribution in [1.82, 2.24) is 0 Å². The highest BCUT2D eigenvalue weighted by Crippen LogP contribution is 2.58. The van der Waals surface area contributed by atoms with E-state index in [1.807, 2.05) is 0 Å². The summed E-state index contributed by atoms with van der Waals surface area (Å²) in [7, 11) is -2.70. The monoisotopic (exact) mass is 386 g/mol. The quantitative estimate of drug-likeness (QED) is 0.238. The molecule has 4 bridgehead atoms. The number of thioether (sulfide) groups is 1. The third kappa shape index (κ3) is 3.01. The van der Waals surface area contributed by atoms with E-state index in [4.69, 9.17) is 23.9 Å². The molecule has 140 valence electrons. The van der Waals surface area contributed by atoms with Crippen molar-refractivity contribution in [2.45, 2.75) is 81.5 Å². The first-order valence-corrected chi connectivity index (χ1v) is 11.4. The smallest absolute Gasteiger partial charge is 0.414 e. The van der Waals surface area contributed by atoms with Crippen LogP contribution >= 0.6 is 11.8 Å². The van der Waals surface area contributed by atoms with Crippen LogP contribution in [0.2, 0.25) is 10.1 Å². The molecule has 0 aliphatic carbocycles. The van der Waals surface area contributed by atoms with Crippen molar-refractivity contribution in [2.24, 2.45) is 0 Å². The van der Waals surface area contributed by atoms with Gasteiger partial charge in [0.25, 0.3) is 0 Å². The third-order valence-electron chi connectivity index (χ3n) is 5.01. The Morgan fingerprint density at radius 2 is 1.80 bits per heavy atom. The molecule has 3 aliphatic rings. The van der Waals surface area contributed by atoms with Gasteiger partial charge in [-0.25, -0.2) is 4.79 Å². The highest BCUT2D eigenvalue weighted by atomic mass is 32.2. The fourth-order valence-corrected chi connectivity index (χ4v) is 10.6. The summed E-state index contributed by atoms with van der Waals surface area (Å²) in [5.74, 6) is 0.0810. The molecular weight excluding hydrogens is 360 g/mol. The first-order chi connectivity index (χ1) is 11.5. The van der Waals surface area contributed by atoms with E-state index >= 15 is 0 Å². The molecule has 0 aromatic rings. The van der Waals surface area contributed by atoms with Crippen LogP contribution in [-0.2, 0) is 23.1 Å². The Bertz CT molecular complexity index is 575. The number of ether oxygens (including phenoxy) is 2. The Kier molecular flexibility index (Phi) is 4.71. The number of hydrogen-bond donors (Lipinski definition) is 0. The average molecular weight is 387 g/mol. The molecule has 7 nitrogen and oxygen atoms in total. The lowest BCUT2D eigenvalue weighted by Crippen LogP contribution is -2.73. The lowest BCUT2D eigenvalue weighted by Gasteiger charge is -2.59. The molecule has 0 radical (unpaired) electrons. The van der Waals surface area contributed by atoms with Crippen molar-refractivity contribution in [3.8, 4) is 0 Å². The third-order valence-corrected chi connectivity index (χ3v) is 11.4. The summed E-state index contributed by atoms with van der Waals surface area (Å²) in [4.78, 5) is 14.6. The average Bonchev–Trinajstić information content (AvgIpc) is 2.90. The van der Waals surface area contributed by atoms with E-state index < -0.39 is 20.6 Å². The molecule has 0 unspecified atom stereocenters. The predicted octanol–water partition coefficient (Wildman–Crippen LogP) is 2.50. The summed E-state index contributed by atoms with van der Waals surface area (Å²) < 4.78 is 24.9. The molecule has 0 amide bonds. The van der Waals surface area contributed by atoms with Crippen LogP contribution in [0.4, 0.5) is 0 Å². The van der Waals surface area contributed by atoms with Gasteiger partial charge in [0, 0.05) is 15.8 Å². The van der Waals surface area contributed by atoms with Crippen LogP contribution in [0.25, 0.3) is 5.53 Å². The molecule has 0 aromatic carbocycles. The maximum absolute atomic E-state index is 11.9. The minimum atomic E-state index is -2.70. The van der Waals surface area contributed by atoms with E-state index in [0.717, 1.165) is 12.0 Å². The van der Waals surface area contributed by atoms with E-state index in [0.29, 0.717) is 0 Å². The standard InChI is InChI=1S/C16H26N2O5SSi/c1-15(2,3)25(16(4,5)6)22-11-9-8-24-14(20-9)13(23-25)12(11)21-10(19)7-18-17/h7,9,11-14H,8H2,1-6H3/t9-,11-,12+,13-,14+/m1/s1. The van der Waals surface area contributed by atoms with E-state index in [9.17, 15) is 4.79 Å². The Balaban J connectivity index is 2.00. The van der Waals surface area contributed by atoms with E-state index in [1.54, 1.807) is 11.8 Å². The Morgan fingerprint density at radius 1 is 1.20 bits per heavy atom. The lowest BCUT2D eigenvalue weighted by molar-refractivity contribution is -0.228. The fourth-order valence-electron chi connectivity index (χ4n) is 4.19. The fraction of sp³-hybridized carbons (Fsp3) is 0.875. The van der Waals surface area contributed by atoms with Gasteiger partial charge >= 0.3 is 20.7 Å². The van der Waals surface area contributed by atoms with Crippen molar-refractivity contribution < 1.29 is 27.9 Å². The summed E-state index contributed by atoms with van der Waals surface area (Å²) in [5, 5.41) is -0.324. The van der Waals surface area contributed by atoms with Crippen LogP contribution < -0.4 is 0 Å². The van der Waals surface area contributed by atoms with Crippen LogP contribution in [0, 0.1) is 0 Å². The van der Waals surface area contributed by atoms with Crippen LogP contribution in [0.5, 0.6) is 0 Å². The number of carbonyl (C=O) groups is 1. The van der Waals surface area contributed by atoms with Crippen LogP contribution in [0.3, 0.4) is 0 Å². The Labute approximate surface area is 153 Å². The van der Waals surface area contributed by atoms with Crippen LogP contribution in [-0.4, -0.2) is 61.1 Å². The zero-order chi connectivity index (χ0) is 18.6.